The van der Waals surface area contributed by atoms with Crippen LogP contribution in [0.15, 0.2) is 36.4 Å². The Hall–Kier alpha value is -2.87. The molecule has 0 saturated heterocycles. The lowest BCUT2D eigenvalue weighted by Crippen LogP contribution is -2.36. The van der Waals surface area contributed by atoms with E-state index in [9.17, 15) is 14.9 Å². The molecule has 0 aliphatic carbocycles. The third-order valence-corrected chi connectivity index (χ3v) is 3.89. The summed E-state index contributed by atoms with van der Waals surface area (Å²) >= 11 is 0. The predicted octanol–water partition coefficient (Wildman–Crippen LogP) is 2.00. The Morgan fingerprint density at radius 1 is 1.32 bits per heavy atom. The van der Waals surface area contributed by atoms with Crippen molar-refractivity contribution in [1.29, 1.82) is 5.26 Å². The van der Waals surface area contributed by atoms with Gasteiger partial charge < -0.3 is 10.2 Å². The molecule has 1 aliphatic heterocycles. The fraction of sp³-hybridized carbons (Fsp3) is 0.235. The van der Waals surface area contributed by atoms with E-state index in [0.717, 1.165) is 16.3 Å². The molecule has 0 spiro atoms. The van der Waals surface area contributed by atoms with Gasteiger partial charge >= 0.3 is 0 Å². The van der Waals surface area contributed by atoms with Crippen molar-refractivity contribution in [2.45, 2.75) is 13.0 Å². The van der Waals surface area contributed by atoms with Gasteiger partial charge in [-0.2, -0.15) is 5.26 Å². The average Bonchev–Trinajstić information content (AvgIpc) is 2.79. The highest BCUT2D eigenvalue weighted by Crippen LogP contribution is 2.37. The van der Waals surface area contributed by atoms with Crippen molar-refractivity contribution in [2.75, 3.05) is 13.1 Å². The van der Waals surface area contributed by atoms with E-state index in [1.54, 1.807) is 0 Å². The van der Waals surface area contributed by atoms with Gasteiger partial charge in [0.05, 0.1) is 11.6 Å². The van der Waals surface area contributed by atoms with Crippen LogP contribution in [0.5, 0.6) is 0 Å². The van der Waals surface area contributed by atoms with Crippen LogP contribution >= 0.6 is 0 Å². The standard InChI is InChI=1S/C17H15N3O2/c1-11(21)19-8-9-20-15(10-18)14-7-6-12-4-2-3-5-13(12)16(14)17(20)22/h2-7,15H,8-9H2,1H3,(H,19,21). The Morgan fingerprint density at radius 2 is 2.09 bits per heavy atom. The molecule has 0 bridgehead atoms. The molecule has 110 valence electrons. The summed E-state index contributed by atoms with van der Waals surface area (Å²) in [5.74, 6) is -0.299. The summed E-state index contributed by atoms with van der Waals surface area (Å²) in [4.78, 5) is 25.2. The molecule has 22 heavy (non-hydrogen) atoms. The molecule has 0 fully saturated rings. The maximum Gasteiger partial charge on any atom is 0.256 e. The molecule has 0 radical (unpaired) electrons. The van der Waals surface area contributed by atoms with Gasteiger partial charge in [0.15, 0.2) is 0 Å². The molecule has 3 rings (SSSR count). The molecular weight excluding hydrogens is 278 g/mol. The molecule has 0 saturated carbocycles. The molecular formula is C17H15N3O2. The molecule has 2 amide bonds. The monoisotopic (exact) mass is 293 g/mol. The fourth-order valence-electron chi connectivity index (χ4n) is 2.91. The van der Waals surface area contributed by atoms with Gasteiger partial charge in [0.2, 0.25) is 5.91 Å². The summed E-state index contributed by atoms with van der Waals surface area (Å²) in [5, 5.41) is 14.0. The summed E-state index contributed by atoms with van der Waals surface area (Å²) in [6.45, 7) is 2.08. The van der Waals surface area contributed by atoms with E-state index in [-0.39, 0.29) is 11.8 Å². The van der Waals surface area contributed by atoms with Crippen LogP contribution in [-0.2, 0) is 4.79 Å². The molecule has 1 aliphatic rings. The number of amides is 2. The van der Waals surface area contributed by atoms with Gasteiger partial charge in [0, 0.05) is 25.6 Å². The first kappa shape index (κ1) is 14.1. The molecule has 0 aromatic heterocycles. The lowest BCUT2D eigenvalue weighted by Gasteiger charge is -2.19. The normalized spacial score (nSPS) is 16.5. The van der Waals surface area contributed by atoms with Crippen molar-refractivity contribution in [3.05, 3.63) is 47.5 Å². The quantitative estimate of drug-likeness (QED) is 0.940. The van der Waals surface area contributed by atoms with Gasteiger partial charge in [0.1, 0.15) is 6.04 Å². The molecule has 1 unspecified atom stereocenters. The van der Waals surface area contributed by atoms with E-state index in [4.69, 9.17) is 0 Å². The zero-order chi connectivity index (χ0) is 15.7. The van der Waals surface area contributed by atoms with Crippen molar-refractivity contribution in [1.82, 2.24) is 10.2 Å². The van der Waals surface area contributed by atoms with Crippen LogP contribution in [0.1, 0.15) is 28.9 Å². The Labute approximate surface area is 128 Å². The average molecular weight is 293 g/mol. The Morgan fingerprint density at radius 3 is 2.82 bits per heavy atom. The number of nitrogens with zero attached hydrogens (tertiary/aromatic N) is 2. The summed E-state index contributed by atoms with van der Waals surface area (Å²) < 4.78 is 0. The predicted molar refractivity (Wildman–Crippen MR) is 82.0 cm³/mol. The minimum Gasteiger partial charge on any atom is -0.355 e. The number of hydrogen-bond acceptors (Lipinski definition) is 3. The Kier molecular flexibility index (Phi) is 3.51. The lowest BCUT2D eigenvalue weighted by molar-refractivity contribution is -0.119. The summed E-state index contributed by atoms with van der Waals surface area (Å²) in [6, 6.07) is 13.0. The number of nitriles is 1. The van der Waals surface area contributed by atoms with Crippen LogP contribution in [-0.4, -0.2) is 29.8 Å². The number of carbonyl (C=O) groups is 2. The van der Waals surface area contributed by atoms with E-state index < -0.39 is 6.04 Å². The molecule has 1 atom stereocenters. The van der Waals surface area contributed by atoms with Gasteiger partial charge in [0.25, 0.3) is 5.91 Å². The van der Waals surface area contributed by atoms with Gasteiger partial charge in [-0.05, 0) is 10.8 Å². The van der Waals surface area contributed by atoms with Crippen LogP contribution < -0.4 is 5.32 Å². The van der Waals surface area contributed by atoms with Crippen LogP contribution in [0.3, 0.4) is 0 Å². The molecule has 5 heteroatoms. The second-order valence-electron chi connectivity index (χ2n) is 5.26. The summed E-state index contributed by atoms with van der Waals surface area (Å²) in [5.41, 5.74) is 1.35. The molecule has 1 N–H and O–H groups in total. The highest BCUT2D eigenvalue weighted by molar-refractivity contribution is 6.11. The highest BCUT2D eigenvalue weighted by atomic mass is 16.2. The SMILES string of the molecule is CC(=O)NCCN1C(=O)c2c(ccc3ccccc23)C1C#N. The summed E-state index contributed by atoms with van der Waals surface area (Å²) in [6.07, 6.45) is 0. The summed E-state index contributed by atoms with van der Waals surface area (Å²) in [7, 11) is 0. The molecule has 1 heterocycles. The zero-order valence-corrected chi connectivity index (χ0v) is 12.2. The Bertz CT molecular complexity index is 807. The smallest absolute Gasteiger partial charge is 0.256 e. The van der Waals surface area contributed by atoms with Crippen molar-refractivity contribution < 1.29 is 9.59 Å². The minimum atomic E-state index is -0.596. The highest BCUT2D eigenvalue weighted by Gasteiger charge is 2.37. The first-order chi connectivity index (χ1) is 10.6. The Balaban J connectivity index is 2.00. The third-order valence-electron chi connectivity index (χ3n) is 3.89. The fourth-order valence-corrected chi connectivity index (χ4v) is 2.91. The van der Waals surface area contributed by atoms with Crippen molar-refractivity contribution in [3.8, 4) is 6.07 Å². The first-order valence-corrected chi connectivity index (χ1v) is 7.10. The topological polar surface area (TPSA) is 73.2 Å². The molecule has 5 nitrogen and oxygen atoms in total. The number of hydrogen-bond donors (Lipinski definition) is 1. The van der Waals surface area contributed by atoms with Crippen molar-refractivity contribution >= 4 is 22.6 Å². The second kappa shape index (κ2) is 5.49. The van der Waals surface area contributed by atoms with Gasteiger partial charge in [-0.15, -0.1) is 0 Å². The van der Waals surface area contributed by atoms with Crippen molar-refractivity contribution in [2.24, 2.45) is 0 Å². The zero-order valence-electron chi connectivity index (χ0n) is 12.2. The largest absolute Gasteiger partial charge is 0.355 e. The van der Waals surface area contributed by atoms with Crippen LogP contribution in [0.4, 0.5) is 0 Å². The first-order valence-electron chi connectivity index (χ1n) is 7.10. The number of nitrogens with one attached hydrogen (secondary N) is 1. The van der Waals surface area contributed by atoms with E-state index in [1.807, 2.05) is 36.4 Å². The third kappa shape index (κ3) is 2.19. The van der Waals surface area contributed by atoms with E-state index >= 15 is 0 Å². The van der Waals surface area contributed by atoms with E-state index in [2.05, 4.69) is 11.4 Å². The van der Waals surface area contributed by atoms with Crippen LogP contribution in [0.2, 0.25) is 0 Å². The second-order valence-corrected chi connectivity index (χ2v) is 5.26. The number of benzene rings is 2. The van der Waals surface area contributed by atoms with Crippen LogP contribution in [0, 0.1) is 11.3 Å². The maximum absolute atomic E-state index is 12.7. The van der Waals surface area contributed by atoms with Gasteiger partial charge in [-0.3, -0.25) is 9.59 Å². The van der Waals surface area contributed by atoms with E-state index in [1.165, 1.54) is 11.8 Å². The lowest BCUT2D eigenvalue weighted by atomic mass is 9.98. The van der Waals surface area contributed by atoms with Crippen LogP contribution in [0.25, 0.3) is 10.8 Å². The minimum absolute atomic E-state index is 0.149. The van der Waals surface area contributed by atoms with Gasteiger partial charge in [-0.1, -0.05) is 36.4 Å². The molecule has 2 aromatic rings. The van der Waals surface area contributed by atoms with Gasteiger partial charge in [-0.25, -0.2) is 0 Å². The van der Waals surface area contributed by atoms with E-state index in [0.29, 0.717) is 18.7 Å². The number of rotatable bonds is 3. The number of fused-ring (bicyclic) bond motifs is 3. The maximum atomic E-state index is 12.7. The molecule has 2 aromatic carbocycles. The van der Waals surface area contributed by atoms with Crippen molar-refractivity contribution in [3.63, 3.8) is 0 Å². The number of carbonyl (C=O) groups excluding carboxylic acids is 2.